The zero-order valence-corrected chi connectivity index (χ0v) is 17.4. The van der Waals surface area contributed by atoms with E-state index in [0.29, 0.717) is 11.4 Å². The van der Waals surface area contributed by atoms with Gasteiger partial charge in [0.25, 0.3) is 0 Å². The van der Waals surface area contributed by atoms with Crippen molar-refractivity contribution in [3.05, 3.63) is 138 Å². The molecule has 2 nitrogen and oxygen atoms in total. The Morgan fingerprint density at radius 2 is 1.72 bits per heavy atom. The maximum absolute atomic E-state index is 5.93. The van der Waals surface area contributed by atoms with Crippen LogP contribution in [0.2, 0.25) is 0 Å². The Kier molecular flexibility index (Phi) is 6.84. The van der Waals surface area contributed by atoms with E-state index in [9.17, 15) is 0 Å². The lowest BCUT2D eigenvalue weighted by Crippen LogP contribution is -2.29. The minimum absolute atomic E-state index is 0.471. The second kappa shape index (κ2) is 9.11. The number of benzene rings is 1. The summed E-state index contributed by atoms with van der Waals surface area (Å²) < 4.78 is 0. The van der Waals surface area contributed by atoms with Crippen LogP contribution in [0.15, 0.2) is 127 Å². The third-order valence-corrected chi connectivity index (χ3v) is 5.05. The quantitative estimate of drug-likeness (QED) is 0.567. The molecule has 29 heavy (non-hydrogen) atoms. The van der Waals surface area contributed by atoms with Gasteiger partial charge in [-0.1, -0.05) is 87.0 Å². The number of hydrogen-bond donors (Lipinski definition) is 2. The molecule has 0 saturated carbocycles. The van der Waals surface area contributed by atoms with Gasteiger partial charge in [0.15, 0.2) is 0 Å². The summed E-state index contributed by atoms with van der Waals surface area (Å²) in [5, 5.41) is 0. The van der Waals surface area contributed by atoms with Crippen LogP contribution in [0.5, 0.6) is 0 Å². The van der Waals surface area contributed by atoms with Crippen molar-refractivity contribution in [1.82, 2.24) is 0 Å². The molecule has 0 radical (unpaired) electrons. The number of allylic oxidation sites excluding steroid dienone is 13. The highest BCUT2D eigenvalue weighted by molar-refractivity contribution is 5.95. The van der Waals surface area contributed by atoms with E-state index in [1.165, 1.54) is 0 Å². The Balaban J connectivity index is 3.02. The highest BCUT2D eigenvalue weighted by Gasteiger charge is 2.48. The van der Waals surface area contributed by atoms with Crippen LogP contribution in [0.1, 0.15) is 25.0 Å². The SMILES string of the molecule is C=C/C=C1\C(=C/C)C(C(=C)/C=C\C(=C)N)(/C(C=C)=C/C=C(\C)N)c2ccccc21. The molecule has 1 atom stereocenters. The molecule has 1 aliphatic rings. The first-order chi connectivity index (χ1) is 13.8. The number of nitrogens with two attached hydrogens (primary N) is 2. The first-order valence-electron chi connectivity index (χ1n) is 9.53. The van der Waals surface area contributed by atoms with Gasteiger partial charge < -0.3 is 11.5 Å². The van der Waals surface area contributed by atoms with Gasteiger partial charge in [-0.3, -0.25) is 0 Å². The van der Waals surface area contributed by atoms with Crippen LogP contribution in [-0.4, -0.2) is 0 Å². The molecule has 1 unspecified atom stereocenters. The summed E-state index contributed by atoms with van der Waals surface area (Å²) in [5.74, 6) is 0. The lowest BCUT2D eigenvalue weighted by atomic mass is 9.66. The summed E-state index contributed by atoms with van der Waals surface area (Å²) in [6.45, 7) is 20.1. The smallest absolute Gasteiger partial charge is 0.0704 e. The normalized spacial score (nSPS) is 22.1. The Hall–Kier alpha value is -3.52. The summed E-state index contributed by atoms with van der Waals surface area (Å²) in [5.41, 5.74) is 18.6. The molecule has 2 heteroatoms. The molecule has 4 N–H and O–H groups in total. The molecule has 0 aliphatic heterocycles. The average molecular weight is 383 g/mol. The Morgan fingerprint density at radius 3 is 2.28 bits per heavy atom. The molecular weight excluding hydrogens is 352 g/mol. The largest absolute Gasteiger partial charge is 0.402 e. The molecule has 1 aromatic carbocycles. The van der Waals surface area contributed by atoms with Gasteiger partial charge in [-0.2, -0.15) is 0 Å². The van der Waals surface area contributed by atoms with Crippen molar-refractivity contribution in [1.29, 1.82) is 0 Å². The minimum atomic E-state index is -0.625. The molecule has 2 rings (SSSR count). The first-order valence-corrected chi connectivity index (χ1v) is 9.53. The van der Waals surface area contributed by atoms with E-state index >= 15 is 0 Å². The Bertz CT molecular complexity index is 1000. The molecule has 0 heterocycles. The fraction of sp³-hybridized carbons (Fsp3) is 0.111. The van der Waals surface area contributed by atoms with Crippen LogP contribution in [0.4, 0.5) is 0 Å². The van der Waals surface area contributed by atoms with Gasteiger partial charge >= 0.3 is 0 Å². The standard InChI is InChI=1S/C27H30N2/c1-7-12-23-24-13-10-11-14-26(24)27(25(23)9-3,19(4)15-16-20(5)28)22(8-2)18-17-21(6)29/h7-18H,1-2,4-5,28-29H2,3,6H3/b16-15-,21-17+,22-18+,23-12-,25-9+. The van der Waals surface area contributed by atoms with Gasteiger partial charge in [0, 0.05) is 11.4 Å². The van der Waals surface area contributed by atoms with Crippen molar-refractivity contribution in [2.75, 3.05) is 0 Å². The molecule has 0 aromatic heterocycles. The number of hydrogen-bond acceptors (Lipinski definition) is 2. The lowest BCUT2D eigenvalue weighted by molar-refractivity contribution is 0.768. The van der Waals surface area contributed by atoms with Crippen molar-refractivity contribution in [2.45, 2.75) is 19.3 Å². The number of fused-ring (bicyclic) bond motifs is 1. The van der Waals surface area contributed by atoms with Gasteiger partial charge in [-0.15, -0.1) is 0 Å². The van der Waals surface area contributed by atoms with Crippen LogP contribution in [0.3, 0.4) is 0 Å². The maximum atomic E-state index is 5.93. The van der Waals surface area contributed by atoms with E-state index in [0.717, 1.165) is 33.4 Å². The Labute approximate surface area is 175 Å². The topological polar surface area (TPSA) is 52.0 Å². The van der Waals surface area contributed by atoms with Gasteiger partial charge in [0.05, 0.1) is 5.41 Å². The van der Waals surface area contributed by atoms with Crippen molar-refractivity contribution in [3.8, 4) is 0 Å². The molecule has 148 valence electrons. The van der Waals surface area contributed by atoms with Gasteiger partial charge in [0.1, 0.15) is 0 Å². The minimum Gasteiger partial charge on any atom is -0.402 e. The van der Waals surface area contributed by atoms with E-state index < -0.39 is 5.41 Å². The predicted octanol–water partition coefficient (Wildman–Crippen LogP) is 6.01. The van der Waals surface area contributed by atoms with E-state index in [-0.39, 0.29) is 0 Å². The maximum Gasteiger partial charge on any atom is 0.0704 e. The summed E-state index contributed by atoms with van der Waals surface area (Å²) >= 11 is 0. The fourth-order valence-corrected chi connectivity index (χ4v) is 3.95. The van der Waals surface area contributed by atoms with Crippen molar-refractivity contribution >= 4 is 5.57 Å². The highest BCUT2D eigenvalue weighted by Crippen LogP contribution is 2.57. The predicted molar refractivity (Wildman–Crippen MR) is 128 cm³/mol. The highest BCUT2D eigenvalue weighted by atomic mass is 14.6. The van der Waals surface area contributed by atoms with Crippen molar-refractivity contribution < 1.29 is 0 Å². The second-order valence-corrected chi connectivity index (χ2v) is 6.98. The average Bonchev–Trinajstić information content (AvgIpc) is 2.97. The molecule has 1 aromatic rings. The molecular formula is C27H30N2. The van der Waals surface area contributed by atoms with Crippen LogP contribution in [0.25, 0.3) is 5.57 Å². The molecule has 0 saturated heterocycles. The second-order valence-electron chi connectivity index (χ2n) is 6.98. The van der Waals surface area contributed by atoms with Gasteiger partial charge in [-0.25, -0.2) is 0 Å². The molecule has 0 bridgehead atoms. The molecule has 0 amide bonds. The van der Waals surface area contributed by atoms with Gasteiger partial charge in [-0.05, 0) is 59.4 Å². The third kappa shape index (κ3) is 3.88. The fourth-order valence-electron chi connectivity index (χ4n) is 3.95. The van der Waals surface area contributed by atoms with Gasteiger partial charge in [0.2, 0.25) is 0 Å². The van der Waals surface area contributed by atoms with Crippen LogP contribution >= 0.6 is 0 Å². The first kappa shape index (κ1) is 21.8. The summed E-state index contributed by atoms with van der Waals surface area (Å²) in [6.07, 6.45) is 15.5. The van der Waals surface area contributed by atoms with E-state index in [4.69, 9.17) is 11.5 Å². The number of rotatable bonds is 7. The van der Waals surface area contributed by atoms with E-state index in [1.54, 1.807) is 6.08 Å². The molecule has 0 fully saturated rings. The third-order valence-electron chi connectivity index (χ3n) is 5.05. The van der Waals surface area contributed by atoms with E-state index in [2.05, 4.69) is 44.5 Å². The zero-order chi connectivity index (χ0) is 21.6. The van der Waals surface area contributed by atoms with Crippen LogP contribution in [0, 0.1) is 0 Å². The molecule has 0 spiro atoms. The van der Waals surface area contributed by atoms with Crippen LogP contribution < -0.4 is 11.5 Å². The Morgan fingerprint density at radius 1 is 1.03 bits per heavy atom. The van der Waals surface area contributed by atoms with E-state index in [1.807, 2.05) is 62.4 Å². The monoisotopic (exact) mass is 382 g/mol. The van der Waals surface area contributed by atoms with Crippen molar-refractivity contribution in [2.24, 2.45) is 11.5 Å². The molecule has 1 aliphatic carbocycles. The zero-order valence-electron chi connectivity index (χ0n) is 17.4. The van der Waals surface area contributed by atoms with Crippen LogP contribution in [-0.2, 0) is 5.41 Å². The summed E-state index contributed by atoms with van der Waals surface area (Å²) in [6, 6.07) is 8.34. The van der Waals surface area contributed by atoms with Crippen molar-refractivity contribution in [3.63, 3.8) is 0 Å². The summed E-state index contributed by atoms with van der Waals surface area (Å²) in [4.78, 5) is 0. The summed E-state index contributed by atoms with van der Waals surface area (Å²) in [7, 11) is 0. The lowest BCUT2D eigenvalue weighted by Gasteiger charge is -2.35.